The molecular weight excluding hydrogens is 188 g/mol. The highest BCUT2D eigenvalue weighted by molar-refractivity contribution is 5.86. The van der Waals surface area contributed by atoms with Crippen LogP contribution in [0.4, 0.5) is 0 Å². The van der Waals surface area contributed by atoms with Crippen molar-refractivity contribution in [3.63, 3.8) is 0 Å². The summed E-state index contributed by atoms with van der Waals surface area (Å²) in [5.41, 5.74) is 3.17. The number of phenolic OH excluding ortho intramolecular Hbond substituents is 1. The molecule has 0 fully saturated rings. The van der Waals surface area contributed by atoms with E-state index in [4.69, 9.17) is 4.42 Å². The molecule has 0 radical (unpaired) electrons. The Balaban J connectivity index is 2.79. The minimum Gasteiger partial charge on any atom is -0.508 e. The molecule has 0 unspecified atom stereocenters. The van der Waals surface area contributed by atoms with Gasteiger partial charge in [0.15, 0.2) is 0 Å². The number of fused-ring (bicyclic) bond motifs is 1. The second kappa shape index (κ2) is 3.61. The molecule has 1 N–H and O–H groups in total. The van der Waals surface area contributed by atoms with E-state index in [1.165, 1.54) is 10.9 Å². The monoisotopic (exact) mass is 204 g/mol. The highest BCUT2D eigenvalue weighted by atomic mass is 16.3. The maximum Gasteiger partial charge on any atom is 0.138 e. The van der Waals surface area contributed by atoms with Crippen LogP contribution in [0.3, 0.4) is 0 Å². The van der Waals surface area contributed by atoms with E-state index in [0.29, 0.717) is 5.92 Å². The van der Waals surface area contributed by atoms with Crippen LogP contribution in [0, 0.1) is 0 Å². The van der Waals surface area contributed by atoms with Crippen LogP contribution in [0.25, 0.3) is 11.0 Å². The van der Waals surface area contributed by atoms with Gasteiger partial charge < -0.3 is 9.52 Å². The standard InChI is InChI=1S/C13H16O2/c1-4-9-7-15-12-6-10(14)5-11(8(2)3)13(9)12/h5-8,14H,4H2,1-3H3. The van der Waals surface area contributed by atoms with Gasteiger partial charge in [0.05, 0.1) is 6.26 Å². The molecule has 2 rings (SSSR count). The normalized spacial score (nSPS) is 11.5. The molecule has 0 saturated heterocycles. The lowest BCUT2D eigenvalue weighted by Gasteiger charge is -2.08. The van der Waals surface area contributed by atoms with Gasteiger partial charge >= 0.3 is 0 Å². The third kappa shape index (κ3) is 1.60. The summed E-state index contributed by atoms with van der Waals surface area (Å²) in [7, 11) is 0. The average molecular weight is 204 g/mol. The second-order valence-corrected chi connectivity index (χ2v) is 4.18. The fourth-order valence-corrected chi connectivity index (χ4v) is 1.97. The third-order valence-electron chi connectivity index (χ3n) is 2.77. The van der Waals surface area contributed by atoms with E-state index < -0.39 is 0 Å². The largest absolute Gasteiger partial charge is 0.508 e. The van der Waals surface area contributed by atoms with Gasteiger partial charge in [-0.3, -0.25) is 0 Å². The van der Waals surface area contributed by atoms with Crippen LogP contribution >= 0.6 is 0 Å². The van der Waals surface area contributed by atoms with Crippen LogP contribution < -0.4 is 0 Å². The summed E-state index contributed by atoms with van der Waals surface area (Å²) in [6.45, 7) is 6.36. The van der Waals surface area contributed by atoms with Crippen molar-refractivity contribution < 1.29 is 9.52 Å². The molecular formula is C13H16O2. The van der Waals surface area contributed by atoms with Gasteiger partial charge in [0.1, 0.15) is 11.3 Å². The summed E-state index contributed by atoms with van der Waals surface area (Å²) in [5.74, 6) is 0.672. The van der Waals surface area contributed by atoms with E-state index in [1.807, 2.05) is 6.07 Å². The number of aromatic hydroxyl groups is 1. The number of hydrogen-bond acceptors (Lipinski definition) is 2. The van der Waals surface area contributed by atoms with E-state index in [0.717, 1.165) is 17.6 Å². The topological polar surface area (TPSA) is 33.4 Å². The Morgan fingerprint density at radius 3 is 2.67 bits per heavy atom. The van der Waals surface area contributed by atoms with Gasteiger partial charge in [0, 0.05) is 11.5 Å². The van der Waals surface area contributed by atoms with Gasteiger partial charge in [-0.1, -0.05) is 20.8 Å². The van der Waals surface area contributed by atoms with Crippen molar-refractivity contribution in [1.29, 1.82) is 0 Å². The van der Waals surface area contributed by atoms with Crippen molar-refractivity contribution >= 4 is 11.0 Å². The van der Waals surface area contributed by atoms with Crippen molar-refractivity contribution in [1.82, 2.24) is 0 Å². The van der Waals surface area contributed by atoms with E-state index in [-0.39, 0.29) is 5.75 Å². The Morgan fingerprint density at radius 2 is 2.07 bits per heavy atom. The number of phenols is 1. The zero-order valence-corrected chi connectivity index (χ0v) is 9.37. The molecule has 2 aromatic rings. The van der Waals surface area contributed by atoms with E-state index in [2.05, 4.69) is 20.8 Å². The fourth-order valence-electron chi connectivity index (χ4n) is 1.97. The Hall–Kier alpha value is -1.44. The average Bonchev–Trinajstić information content (AvgIpc) is 2.58. The van der Waals surface area contributed by atoms with Crippen LogP contribution in [-0.2, 0) is 6.42 Å². The molecule has 1 aromatic heterocycles. The van der Waals surface area contributed by atoms with Gasteiger partial charge in [-0.25, -0.2) is 0 Å². The van der Waals surface area contributed by atoms with Gasteiger partial charge in [0.25, 0.3) is 0 Å². The molecule has 0 amide bonds. The van der Waals surface area contributed by atoms with Crippen LogP contribution in [0.2, 0.25) is 0 Å². The van der Waals surface area contributed by atoms with E-state index in [9.17, 15) is 5.11 Å². The maximum absolute atomic E-state index is 9.58. The van der Waals surface area contributed by atoms with Crippen molar-refractivity contribution in [2.45, 2.75) is 33.1 Å². The lowest BCUT2D eigenvalue weighted by atomic mass is 9.96. The third-order valence-corrected chi connectivity index (χ3v) is 2.77. The van der Waals surface area contributed by atoms with Gasteiger partial charge in [-0.2, -0.15) is 0 Å². The van der Waals surface area contributed by atoms with E-state index in [1.54, 1.807) is 12.3 Å². The van der Waals surface area contributed by atoms with Gasteiger partial charge in [-0.15, -0.1) is 0 Å². The minimum atomic E-state index is 0.281. The molecule has 0 aliphatic rings. The van der Waals surface area contributed by atoms with Crippen molar-refractivity contribution in [3.05, 3.63) is 29.5 Å². The molecule has 0 spiro atoms. The Labute approximate surface area is 89.5 Å². The number of rotatable bonds is 2. The first-order chi connectivity index (χ1) is 7.13. The first-order valence-electron chi connectivity index (χ1n) is 5.36. The predicted octanol–water partition coefficient (Wildman–Crippen LogP) is 3.82. The Bertz CT molecular complexity index is 480. The molecule has 0 atom stereocenters. The quantitative estimate of drug-likeness (QED) is 0.806. The fraction of sp³-hybridized carbons (Fsp3) is 0.385. The summed E-state index contributed by atoms with van der Waals surface area (Å²) >= 11 is 0. The molecule has 80 valence electrons. The number of aryl methyl sites for hydroxylation is 1. The Morgan fingerprint density at radius 1 is 1.33 bits per heavy atom. The summed E-state index contributed by atoms with van der Waals surface area (Å²) in [5, 5.41) is 10.8. The zero-order chi connectivity index (χ0) is 11.0. The molecule has 2 nitrogen and oxygen atoms in total. The van der Waals surface area contributed by atoms with E-state index >= 15 is 0 Å². The smallest absolute Gasteiger partial charge is 0.138 e. The van der Waals surface area contributed by atoms with Crippen LogP contribution in [0.5, 0.6) is 5.75 Å². The number of furan rings is 1. The number of hydrogen-bond donors (Lipinski definition) is 1. The molecule has 0 aliphatic carbocycles. The van der Waals surface area contributed by atoms with Crippen LogP contribution in [-0.4, -0.2) is 5.11 Å². The first kappa shape index (κ1) is 10.1. The second-order valence-electron chi connectivity index (χ2n) is 4.18. The molecule has 1 heterocycles. The van der Waals surface area contributed by atoms with Crippen LogP contribution in [0.1, 0.15) is 37.8 Å². The highest BCUT2D eigenvalue weighted by Gasteiger charge is 2.13. The van der Waals surface area contributed by atoms with Crippen molar-refractivity contribution in [2.24, 2.45) is 0 Å². The van der Waals surface area contributed by atoms with Crippen molar-refractivity contribution in [3.8, 4) is 5.75 Å². The van der Waals surface area contributed by atoms with Gasteiger partial charge in [0.2, 0.25) is 0 Å². The summed E-state index contributed by atoms with van der Waals surface area (Å²) in [4.78, 5) is 0. The predicted molar refractivity (Wildman–Crippen MR) is 61.3 cm³/mol. The minimum absolute atomic E-state index is 0.281. The molecule has 1 aromatic carbocycles. The number of benzene rings is 1. The summed E-state index contributed by atoms with van der Waals surface area (Å²) in [6, 6.07) is 3.52. The highest BCUT2D eigenvalue weighted by Crippen LogP contribution is 2.33. The van der Waals surface area contributed by atoms with Gasteiger partial charge in [-0.05, 0) is 29.5 Å². The van der Waals surface area contributed by atoms with Crippen molar-refractivity contribution in [2.75, 3.05) is 0 Å². The summed E-state index contributed by atoms with van der Waals surface area (Å²) < 4.78 is 5.45. The zero-order valence-electron chi connectivity index (χ0n) is 9.37. The first-order valence-corrected chi connectivity index (χ1v) is 5.36. The van der Waals surface area contributed by atoms with Crippen LogP contribution in [0.15, 0.2) is 22.8 Å². The maximum atomic E-state index is 9.58. The Kier molecular flexibility index (Phi) is 2.43. The molecule has 0 aliphatic heterocycles. The summed E-state index contributed by atoms with van der Waals surface area (Å²) in [6.07, 6.45) is 2.74. The molecule has 0 bridgehead atoms. The SMILES string of the molecule is CCc1coc2cc(O)cc(C(C)C)c12. The molecule has 0 saturated carbocycles. The molecule has 2 heteroatoms. The lowest BCUT2D eigenvalue weighted by molar-refractivity contribution is 0.473. The molecule has 15 heavy (non-hydrogen) atoms. The lowest BCUT2D eigenvalue weighted by Crippen LogP contribution is -1.90.